The predicted octanol–water partition coefficient (Wildman–Crippen LogP) is 3.57. The van der Waals surface area contributed by atoms with Crippen LogP contribution in [0.25, 0.3) is 0 Å². The van der Waals surface area contributed by atoms with E-state index in [9.17, 15) is 9.18 Å². The van der Waals surface area contributed by atoms with E-state index < -0.39 is 11.7 Å². The average molecular weight is 308 g/mol. The molecule has 0 atom stereocenters. The van der Waals surface area contributed by atoms with Gasteiger partial charge >= 0.3 is 0 Å². The van der Waals surface area contributed by atoms with E-state index in [0.29, 0.717) is 17.7 Å². The summed E-state index contributed by atoms with van der Waals surface area (Å²) >= 11 is 5.90. The molecule has 2 aromatic carbocycles. The normalized spacial score (nSPS) is 10.5. The summed E-state index contributed by atoms with van der Waals surface area (Å²) in [7, 11) is 0. The molecule has 2 rings (SSSR count). The van der Waals surface area contributed by atoms with Crippen LogP contribution in [-0.2, 0) is 6.42 Å². The van der Waals surface area contributed by atoms with Gasteiger partial charge < -0.3 is 10.4 Å². The highest BCUT2D eigenvalue weighted by Crippen LogP contribution is 2.22. The van der Waals surface area contributed by atoms with Gasteiger partial charge in [-0.25, -0.2) is 4.39 Å². The fourth-order valence-electron chi connectivity index (χ4n) is 1.91. The largest absolute Gasteiger partial charge is 0.396 e. The lowest BCUT2D eigenvalue weighted by atomic mass is 10.1. The molecule has 0 heterocycles. The third kappa shape index (κ3) is 3.80. The molecule has 0 spiro atoms. The first-order valence-electron chi connectivity index (χ1n) is 6.48. The van der Waals surface area contributed by atoms with E-state index in [0.717, 1.165) is 11.6 Å². The fraction of sp³-hybridized carbons (Fsp3) is 0.188. The van der Waals surface area contributed by atoms with E-state index in [1.54, 1.807) is 19.1 Å². The van der Waals surface area contributed by atoms with Crippen LogP contribution in [0.3, 0.4) is 0 Å². The van der Waals surface area contributed by atoms with Gasteiger partial charge in [-0.3, -0.25) is 4.79 Å². The quantitative estimate of drug-likeness (QED) is 0.907. The van der Waals surface area contributed by atoms with Crippen molar-refractivity contribution in [3.05, 3.63) is 63.9 Å². The lowest BCUT2D eigenvalue weighted by molar-refractivity contribution is 0.102. The molecule has 0 aliphatic heterocycles. The Bertz CT molecular complexity index is 656. The molecule has 0 saturated carbocycles. The molecular weight excluding hydrogens is 293 g/mol. The van der Waals surface area contributed by atoms with E-state index in [4.69, 9.17) is 16.7 Å². The van der Waals surface area contributed by atoms with Crippen molar-refractivity contribution in [1.29, 1.82) is 0 Å². The molecule has 0 unspecified atom stereocenters. The SMILES string of the molecule is Cc1cc(C(=O)Nc2ccc(CCO)cc2)c(Cl)cc1F. The summed E-state index contributed by atoms with van der Waals surface area (Å²) < 4.78 is 13.3. The Labute approximate surface area is 127 Å². The molecule has 1 amide bonds. The van der Waals surface area contributed by atoms with Crippen LogP contribution in [0.15, 0.2) is 36.4 Å². The minimum atomic E-state index is -0.440. The van der Waals surface area contributed by atoms with Crippen LogP contribution in [-0.4, -0.2) is 17.6 Å². The summed E-state index contributed by atoms with van der Waals surface area (Å²) in [6.07, 6.45) is 0.567. The van der Waals surface area contributed by atoms with Gasteiger partial charge in [-0.05, 0) is 48.7 Å². The molecule has 0 bridgehead atoms. The Morgan fingerprint density at radius 2 is 1.95 bits per heavy atom. The smallest absolute Gasteiger partial charge is 0.257 e. The second-order valence-electron chi connectivity index (χ2n) is 4.71. The monoisotopic (exact) mass is 307 g/mol. The molecule has 2 aromatic rings. The fourth-order valence-corrected chi connectivity index (χ4v) is 2.15. The van der Waals surface area contributed by atoms with E-state index >= 15 is 0 Å². The van der Waals surface area contributed by atoms with Crippen molar-refractivity contribution in [2.75, 3.05) is 11.9 Å². The van der Waals surface area contributed by atoms with Gasteiger partial charge in [0, 0.05) is 12.3 Å². The number of amides is 1. The first-order valence-corrected chi connectivity index (χ1v) is 6.86. The van der Waals surface area contributed by atoms with Crippen molar-refractivity contribution >= 4 is 23.2 Å². The molecule has 110 valence electrons. The number of benzene rings is 2. The number of hydrogen-bond donors (Lipinski definition) is 2. The number of carbonyl (C=O) groups excluding carboxylic acids is 1. The highest BCUT2D eigenvalue weighted by atomic mass is 35.5. The van der Waals surface area contributed by atoms with Crippen LogP contribution < -0.4 is 5.32 Å². The van der Waals surface area contributed by atoms with Crippen LogP contribution in [0.5, 0.6) is 0 Å². The van der Waals surface area contributed by atoms with Crippen molar-refractivity contribution in [1.82, 2.24) is 0 Å². The number of hydrogen-bond acceptors (Lipinski definition) is 2. The van der Waals surface area contributed by atoms with E-state index in [1.165, 1.54) is 6.07 Å². The number of nitrogens with one attached hydrogen (secondary N) is 1. The summed E-state index contributed by atoms with van der Waals surface area (Å²) in [5.41, 5.74) is 2.18. The third-order valence-electron chi connectivity index (χ3n) is 3.11. The third-order valence-corrected chi connectivity index (χ3v) is 3.42. The molecule has 0 aromatic heterocycles. The van der Waals surface area contributed by atoms with Gasteiger partial charge in [-0.2, -0.15) is 0 Å². The predicted molar refractivity (Wildman–Crippen MR) is 81.3 cm³/mol. The summed E-state index contributed by atoms with van der Waals surface area (Å²) in [6.45, 7) is 1.66. The van der Waals surface area contributed by atoms with E-state index in [-0.39, 0.29) is 17.2 Å². The van der Waals surface area contributed by atoms with Crippen molar-refractivity contribution < 1.29 is 14.3 Å². The molecule has 0 aliphatic carbocycles. The van der Waals surface area contributed by atoms with Crippen LogP contribution >= 0.6 is 11.6 Å². The number of aliphatic hydroxyl groups excluding tert-OH is 1. The zero-order chi connectivity index (χ0) is 15.4. The second kappa shape index (κ2) is 6.70. The number of halogens is 2. The Kier molecular flexibility index (Phi) is 4.94. The van der Waals surface area contributed by atoms with Crippen LogP contribution in [0.2, 0.25) is 5.02 Å². The van der Waals surface area contributed by atoms with Crippen molar-refractivity contribution in [2.45, 2.75) is 13.3 Å². The van der Waals surface area contributed by atoms with Crippen molar-refractivity contribution in [2.24, 2.45) is 0 Å². The van der Waals surface area contributed by atoms with Gasteiger partial charge in [0.1, 0.15) is 5.82 Å². The first kappa shape index (κ1) is 15.5. The van der Waals surface area contributed by atoms with Gasteiger partial charge in [0.25, 0.3) is 5.91 Å². The van der Waals surface area contributed by atoms with Crippen LogP contribution in [0.1, 0.15) is 21.5 Å². The number of anilines is 1. The Balaban J connectivity index is 2.16. The summed E-state index contributed by atoms with van der Waals surface area (Å²) in [4.78, 5) is 12.2. The van der Waals surface area contributed by atoms with Crippen molar-refractivity contribution in [3.63, 3.8) is 0 Å². The maximum Gasteiger partial charge on any atom is 0.257 e. The van der Waals surface area contributed by atoms with Crippen LogP contribution in [0.4, 0.5) is 10.1 Å². The van der Waals surface area contributed by atoms with Gasteiger partial charge in [0.2, 0.25) is 0 Å². The van der Waals surface area contributed by atoms with Crippen molar-refractivity contribution in [3.8, 4) is 0 Å². The zero-order valence-corrected chi connectivity index (χ0v) is 12.2. The Hall–Kier alpha value is -1.91. The highest BCUT2D eigenvalue weighted by molar-refractivity contribution is 6.34. The maximum atomic E-state index is 13.3. The topological polar surface area (TPSA) is 49.3 Å². The van der Waals surface area contributed by atoms with E-state index in [2.05, 4.69) is 5.32 Å². The first-order chi connectivity index (χ1) is 10.0. The molecule has 21 heavy (non-hydrogen) atoms. The molecule has 3 nitrogen and oxygen atoms in total. The summed E-state index contributed by atoms with van der Waals surface area (Å²) in [5.74, 6) is -0.831. The zero-order valence-electron chi connectivity index (χ0n) is 11.5. The Morgan fingerprint density at radius 3 is 2.57 bits per heavy atom. The minimum Gasteiger partial charge on any atom is -0.396 e. The number of rotatable bonds is 4. The summed E-state index contributed by atoms with van der Waals surface area (Å²) in [5, 5.41) is 11.6. The maximum absolute atomic E-state index is 13.3. The number of aryl methyl sites for hydroxylation is 1. The average Bonchev–Trinajstić information content (AvgIpc) is 2.45. The Morgan fingerprint density at radius 1 is 1.29 bits per heavy atom. The molecular formula is C16H15ClFNO2. The summed E-state index contributed by atoms with van der Waals surface area (Å²) in [6, 6.07) is 9.69. The highest BCUT2D eigenvalue weighted by Gasteiger charge is 2.13. The molecule has 2 N–H and O–H groups in total. The standard InChI is InChI=1S/C16H15ClFNO2/c1-10-8-13(14(17)9-15(10)18)16(21)19-12-4-2-11(3-5-12)6-7-20/h2-5,8-9,20H,6-7H2,1H3,(H,19,21). The molecule has 0 fully saturated rings. The molecule has 0 radical (unpaired) electrons. The van der Waals surface area contributed by atoms with Crippen LogP contribution in [0, 0.1) is 12.7 Å². The second-order valence-corrected chi connectivity index (χ2v) is 5.11. The molecule has 5 heteroatoms. The van der Waals surface area contributed by atoms with Gasteiger partial charge in [-0.1, -0.05) is 23.7 Å². The molecule has 0 saturated heterocycles. The van der Waals surface area contributed by atoms with Gasteiger partial charge in [0.15, 0.2) is 0 Å². The van der Waals surface area contributed by atoms with E-state index in [1.807, 2.05) is 12.1 Å². The van der Waals surface area contributed by atoms with Gasteiger partial charge in [0.05, 0.1) is 10.6 Å². The molecule has 0 aliphatic rings. The number of aliphatic hydroxyl groups is 1. The van der Waals surface area contributed by atoms with Gasteiger partial charge in [-0.15, -0.1) is 0 Å². The lowest BCUT2D eigenvalue weighted by Gasteiger charge is -2.09. The number of carbonyl (C=O) groups is 1. The lowest BCUT2D eigenvalue weighted by Crippen LogP contribution is -2.13. The minimum absolute atomic E-state index is 0.0764.